The minimum atomic E-state index is -0.662. The lowest BCUT2D eigenvalue weighted by Gasteiger charge is -2.27. The molecule has 1 fully saturated rings. The smallest absolute Gasteiger partial charge is 0.295 e. The van der Waals surface area contributed by atoms with E-state index in [9.17, 15) is 14.7 Å². The number of carbonyl (C=O) groups excluding carboxylic acids is 2. The summed E-state index contributed by atoms with van der Waals surface area (Å²) in [6, 6.07) is 22.6. The molecule has 1 aliphatic rings. The van der Waals surface area contributed by atoms with Gasteiger partial charge in [-0.3, -0.25) is 9.59 Å². The van der Waals surface area contributed by atoms with Gasteiger partial charge in [0.05, 0.1) is 11.6 Å². The molecule has 0 bridgehead atoms. The van der Waals surface area contributed by atoms with Crippen LogP contribution in [0.15, 0.2) is 78.4 Å². The number of aryl methyl sites for hydroxylation is 1. The summed E-state index contributed by atoms with van der Waals surface area (Å²) in [5, 5.41) is 11.6. The van der Waals surface area contributed by atoms with Crippen LogP contribution >= 0.6 is 0 Å². The molecule has 1 N–H and O–H groups in total. The fourth-order valence-corrected chi connectivity index (χ4v) is 5.06. The Labute approximate surface area is 237 Å². The van der Waals surface area contributed by atoms with Gasteiger partial charge in [0.25, 0.3) is 11.7 Å². The predicted molar refractivity (Wildman–Crippen MR) is 159 cm³/mol. The van der Waals surface area contributed by atoms with Gasteiger partial charge in [-0.2, -0.15) is 0 Å². The van der Waals surface area contributed by atoms with Crippen molar-refractivity contribution in [2.75, 3.05) is 27.2 Å². The van der Waals surface area contributed by atoms with Gasteiger partial charge in [0.2, 0.25) is 0 Å². The first-order valence-electron chi connectivity index (χ1n) is 13.8. The third kappa shape index (κ3) is 6.45. The molecule has 1 amide bonds. The quantitative estimate of drug-likeness (QED) is 0.198. The summed E-state index contributed by atoms with van der Waals surface area (Å²) in [6.45, 7) is 9.92. The molecule has 0 aliphatic carbocycles. The molecule has 1 atom stereocenters. The van der Waals surface area contributed by atoms with Gasteiger partial charge in [-0.25, -0.2) is 0 Å². The second-order valence-electron chi connectivity index (χ2n) is 11.8. The van der Waals surface area contributed by atoms with Gasteiger partial charge in [0.15, 0.2) is 0 Å². The van der Waals surface area contributed by atoms with Gasteiger partial charge >= 0.3 is 0 Å². The summed E-state index contributed by atoms with van der Waals surface area (Å²) in [5.74, 6) is -0.733. The van der Waals surface area contributed by atoms with Crippen LogP contribution in [0.3, 0.4) is 0 Å². The second kappa shape index (κ2) is 12.1. The first kappa shape index (κ1) is 29.1. The first-order chi connectivity index (χ1) is 19.0. The highest BCUT2D eigenvalue weighted by Crippen LogP contribution is 2.41. The highest BCUT2D eigenvalue weighted by Gasteiger charge is 2.46. The number of rotatable bonds is 9. The SMILES string of the molecule is Cc1cc(OCc2ccccc2)ccc1/C(O)=C1\C(=O)C(=O)N(CCCN(C)C)[C@H]1c1ccc(C(C)(C)C)cc1. The monoisotopic (exact) mass is 540 g/mol. The van der Waals surface area contributed by atoms with Crippen molar-refractivity contribution in [2.24, 2.45) is 0 Å². The second-order valence-corrected chi connectivity index (χ2v) is 11.8. The molecule has 210 valence electrons. The van der Waals surface area contributed by atoms with Crippen LogP contribution in [0.2, 0.25) is 0 Å². The fourth-order valence-electron chi connectivity index (χ4n) is 5.06. The van der Waals surface area contributed by atoms with E-state index in [0.717, 1.165) is 28.8 Å². The van der Waals surface area contributed by atoms with Crippen LogP contribution in [0.25, 0.3) is 5.76 Å². The van der Waals surface area contributed by atoms with Crippen LogP contribution in [0.4, 0.5) is 0 Å². The number of carbonyl (C=O) groups is 2. The number of ketones is 1. The van der Waals surface area contributed by atoms with E-state index in [1.807, 2.05) is 81.7 Å². The summed E-state index contributed by atoms with van der Waals surface area (Å²) >= 11 is 0. The maximum absolute atomic E-state index is 13.4. The number of hydrogen-bond acceptors (Lipinski definition) is 5. The highest BCUT2D eigenvalue weighted by molar-refractivity contribution is 6.46. The molecule has 1 aliphatic heterocycles. The number of Topliss-reactive ketones (excluding diaryl/α,β-unsaturated/α-hetero) is 1. The van der Waals surface area contributed by atoms with Gasteiger partial charge in [-0.1, -0.05) is 75.4 Å². The Kier molecular flexibility index (Phi) is 8.79. The number of aliphatic hydroxyl groups is 1. The number of nitrogens with zero attached hydrogens (tertiary/aromatic N) is 2. The Morgan fingerprint density at radius 2 is 1.65 bits per heavy atom. The van der Waals surface area contributed by atoms with Crippen LogP contribution in [0.5, 0.6) is 5.75 Å². The van der Waals surface area contributed by atoms with Crippen molar-refractivity contribution >= 4 is 17.4 Å². The van der Waals surface area contributed by atoms with Crippen molar-refractivity contribution in [2.45, 2.75) is 52.2 Å². The van der Waals surface area contributed by atoms with E-state index in [4.69, 9.17) is 4.74 Å². The van der Waals surface area contributed by atoms with Gasteiger partial charge in [0.1, 0.15) is 18.1 Å². The van der Waals surface area contributed by atoms with E-state index in [1.54, 1.807) is 17.0 Å². The Morgan fingerprint density at radius 3 is 2.25 bits per heavy atom. The predicted octanol–water partition coefficient (Wildman–Crippen LogP) is 6.24. The molecule has 6 nitrogen and oxygen atoms in total. The highest BCUT2D eigenvalue weighted by atomic mass is 16.5. The summed E-state index contributed by atoms with van der Waals surface area (Å²) < 4.78 is 5.95. The molecule has 40 heavy (non-hydrogen) atoms. The molecule has 4 rings (SSSR count). The molecule has 0 radical (unpaired) electrons. The molecular formula is C34H40N2O4. The lowest BCUT2D eigenvalue weighted by atomic mass is 9.85. The van der Waals surface area contributed by atoms with Crippen molar-refractivity contribution in [3.63, 3.8) is 0 Å². The van der Waals surface area contributed by atoms with Gasteiger partial charge < -0.3 is 19.6 Å². The molecule has 0 aromatic heterocycles. The molecule has 3 aromatic carbocycles. The van der Waals surface area contributed by atoms with Crippen LogP contribution in [0, 0.1) is 6.92 Å². The summed E-state index contributed by atoms with van der Waals surface area (Å²) in [4.78, 5) is 30.4. The molecule has 6 heteroatoms. The van der Waals surface area contributed by atoms with Crippen molar-refractivity contribution < 1.29 is 19.4 Å². The standard InChI is InChI=1S/C34H40N2O4/c1-23-21-27(40-22-24-11-8-7-9-12-24)17-18-28(23)31(37)29-30(25-13-15-26(16-14-25)34(2,3)4)36(33(39)32(29)38)20-10-19-35(5)6/h7-9,11-18,21,30,37H,10,19-20,22H2,1-6H3/b31-29+/t30-/m0/s1. The first-order valence-corrected chi connectivity index (χ1v) is 13.8. The number of ether oxygens (including phenoxy) is 1. The van der Waals surface area contributed by atoms with Crippen LogP contribution in [0.1, 0.15) is 61.1 Å². The van der Waals surface area contributed by atoms with E-state index in [2.05, 4.69) is 25.7 Å². The van der Waals surface area contributed by atoms with E-state index in [1.165, 1.54) is 0 Å². The average Bonchev–Trinajstić information content (AvgIpc) is 3.16. The minimum absolute atomic E-state index is 0.0342. The largest absolute Gasteiger partial charge is 0.507 e. The van der Waals surface area contributed by atoms with E-state index < -0.39 is 17.7 Å². The third-order valence-corrected chi connectivity index (χ3v) is 7.34. The molecule has 0 spiro atoms. The zero-order chi connectivity index (χ0) is 29.0. The van der Waals surface area contributed by atoms with Gasteiger partial charge in [0, 0.05) is 12.1 Å². The number of likely N-dealkylation sites (tertiary alicyclic amines) is 1. The van der Waals surface area contributed by atoms with Gasteiger partial charge in [-0.05, 0) is 79.9 Å². The molecule has 1 heterocycles. The lowest BCUT2D eigenvalue weighted by Crippen LogP contribution is -2.32. The summed E-state index contributed by atoms with van der Waals surface area (Å²) in [5.41, 5.74) is 4.37. The Balaban J connectivity index is 1.70. The van der Waals surface area contributed by atoms with Crippen molar-refractivity contribution in [1.82, 2.24) is 9.80 Å². The Bertz CT molecular complexity index is 1390. The maximum atomic E-state index is 13.4. The molecule has 1 saturated heterocycles. The minimum Gasteiger partial charge on any atom is -0.507 e. The Morgan fingerprint density at radius 1 is 0.975 bits per heavy atom. The molecular weight excluding hydrogens is 500 g/mol. The van der Waals surface area contributed by atoms with E-state index in [0.29, 0.717) is 30.9 Å². The normalized spacial score (nSPS) is 17.1. The summed E-state index contributed by atoms with van der Waals surface area (Å²) in [7, 11) is 3.96. The van der Waals surface area contributed by atoms with Crippen LogP contribution in [-0.2, 0) is 21.6 Å². The average molecular weight is 541 g/mol. The van der Waals surface area contributed by atoms with Crippen molar-refractivity contribution in [3.8, 4) is 5.75 Å². The third-order valence-electron chi connectivity index (χ3n) is 7.34. The Hall–Kier alpha value is -3.90. The summed E-state index contributed by atoms with van der Waals surface area (Å²) in [6.07, 6.45) is 0.711. The number of hydrogen-bond donors (Lipinski definition) is 1. The molecule has 0 saturated carbocycles. The van der Waals surface area contributed by atoms with E-state index in [-0.39, 0.29) is 16.7 Å². The molecule has 0 unspecified atom stereocenters. The zero-order valence-corrected chi connectivity index (χ0v) is 24.4. The van der Waals surface area contributed by atoms with Crippen molar-refractivity contribution in [1.29, 1.82) is 0 Å². The number of amides is 1. The van der Waals surface area contributed by atoms with E-state index >= 15 is 0 Å². The van der Waals surface area contributed by atoms with Crippen LogP contribution in [-0.4, -0.2) is 53.8 Å². The number of benzene rings is 3. The lowest BCUT2D eigenvalue weighted by molar-refractivity contribution is -0.139. The van der Waals surface area contributed by atoms with Crippen molar-refractivity contribution in [3.05, 3.63) is 106 Å². The van der Waals surface area contributed by atoms with Crippen LogP contribution < -0.4 is 4.74 Å². The number of aliphatic hydroxyl groups excluding tert-OH is 1. The fraction of sp³-hybridized carbons (Fsp3) is 0.353. The maximum Gasteiger partial charge on any atom is 0.295 e. The molecule has 3 aromatic rings. The zero-order valence-electron chi connectivity index (χ0n) is 24.4. The topological polar surface area (TPSA) is 70.1 Å². The van der Waals surface area contributed by atoms with Gasteiger partial charge in [-0.15, -0.1) is 0 Å².